The zero-order valence-electron chi connectivity index (χ0n) is 37.9. The topological polar surface area (TPSA) is 174 Å². The third kappa shape index (κ3) is 17.4. The van der Waals surface area contributed by atoms with Crippen molar-refractivity contribution in [2.24, 2.45) is 18.9 Å². The lowest BCUT2D eigenvalue weighted by atomic mass is 9.89. The molecule has 0 saturated heterocycles. The largest absolute Gasteiger partial charge is 0.382 e. The van der Waals surface area contributed by atoms with E-state index in [0.717, 1.165) is 56.9 Å². The molecule has 17 nitrogen and oxygen atoms in total. The van der Waals surface area contributed by atoms with E-state index in [-0.39, 0.29) is 17.2 Å². The van der Waals surface area contributed by atoms with Crippen LogP contribution in [0.5, 0.6) is 0 Å². The Labute approximate surface area is 371 Å². The highest BCUT2D eigenvalue weighted by atomic mass is 16.6. The van der Waals surface area contributed by atoms with E-state index in [1.165, 1.54) is 17.4 Å². The zero-order chi connectivity index (χ0) is 44.3. The number of carbonyl (C=O) groups excluding carboxylic acids is 1. The number of nitrogens with one attached hydrogen (secondary N) is 1. The molecule has 2 aliphatic carbocycles. The first-order chi connectivity index (χ1) is 31.0. The number of aryl methyl sites for hydroxylation is 1. The number of carbonyl (C=O) groups is 1. The summed E-state index contributed by atoms with van der Waals surface area (Å²) in [5, 5.41) is 2.90. The molecule has 0 radical (unpaired) electrons. The van der Waals surface area contributed by atoms with Gasteiger partial charge >= 0.3 is 5.69 Å². The summed E-state index contributed by atoms with van der Waals surface area (Å²) in [5.41, 5.74) is 1.64. The molecule has 0 atom stereocenters. The summed E-state index contributed by atoms with van der Waals surface area (Å²) in [7, 11) is 3.48. The molecule has 1 aromatic carbocycles. The summed E-state index contributed by atoms with van der Waals surface area (Å²) >= 11 is 0. The predicted molar refractivity (Wildman–Crippen MR) is 239 cm³/mol. The van der Waals surface area contributed by atoms with E-state index >= 15 is 0 Å². The quantitative estimate of drug-likeness (QED) is 0.0862. The molecule has 2 aromatic heterocycles. The van der Waals surface area contributed by atoms with Crippen LogP contribution in [-0.4, -0.2) is 151 Å². The summed E-state index contributed by atoms with van der Waals surface area (Å²) in [6, 6.07) is 7.18. The highest BCUT2D eigenvalue weighted by Gasteiger charge is 2.25. The summed E-state index contributed by atoms with van der Waals surface area (Å²) < 4.78 is 53.9. The Morgan fingerprint density at radius 1 is 0.587 bits per heavy atom. The Morgan fingerprint density at radius 3 is 1.44 bits per heavy atom. The maximum absolute atomic E-state index is 14.0. The highest BCUT2D eigenvalue weighted by Crippen LogP contribution is 2.28. The molecule has 0 aliphatic heterocycles. The van der Waals surface area contributed by atoms with Crippen LogP contribution >= 0.6 is 0 Å². The van der Waals surface area contributed by atoms with Crippen molar-refractivity contribution in [1.82, 2.24) is 24.0 Å². The Bertz CT molecular complexity index is 1840. The van der Waals surface area contributed by atoms with Gasteiger partial charge in [-0.05, 0) is 49.7 Å². The van der Waals surface area contributed by atoms with Gasteiger partial charge in [0.1, 0.15) is 5.82 Å². The fraction of sp³-hybridized carbons (Fsp3) is 0.739. The van der Waals surface area contributed by atoms with Gasteiger partial charge in [-0.15, -0.1) is 0 Å². The smallest absolute Gasteiger partial charge is 0.332 e. The monoisotopic (exact) mass is 888 g/mol. The number of amides is 1. The van der Waals surface area contributed by atoms with Gasteiger partial charge in [-0.1, -0.05) is 50.7 Å². The molecule has 3 aromatic rings. The average molecular weight is 888 g/mol. The fourth-order valence-electron chi connectivity index (χ4n) is 8.10. The minimum Gasteiger partial charge on any atom is -0.382 e. The molecule has 63 heavy (non-hydrogen) atoms. The second-order valence-electron chi connectivity index (χ2n) is 16.2. The van der Waals surface area contributed by atoms with Gasteiger partial charge in [-0.2, -0.15) is 0 Å². The van der Waals surface area contributed by atoms with Crippen molar-refractivity contribution in [1.29, 1.82) is 0 Å². The van der Waals surface area contributed by atoms with Crippen molar-refractivity contribution < 1.29 is 47.4 Å². The maximum Gasteiger partial charge on any atom is 0.332 e. The van der Waals surface area contributed by atoms with Crippen LogP contribution in [0.25, 0.3) is 22.6 Å². The van der Waals surface area contributed by atoms with Crippen LogP contribution in [0.15, 0.2) is 33.9 Å². The van der Waals surface area contributed by atoms with Gasteiger partial charge in [0.2, 0.25) is 0 Å². The van der Waals surface area contributed by atoms with E-state index in [1.54, 1.807) is 23.8 Å². The van der Waals surface area contributed by atoms with E-state index in [9.17, 15) is 14.4 Å². The lowest BCUT2D eigenvalue weighted by Gasteiger charge is -2.24. The maximum atomic E-state index is 14.0. The Morgan fingerprint density at radius 2 is 1.00 bits per heavy atom. The van der Waals surface area contributed by atoms with Crippen LogP contribution in [-0.2, 0) is 62.8 Å². The number of nitrogens with zero attached hydrogens (tertiary/aromatic N) is 4. The van der Waals surface area contributed by atoms with Gasteiger partial charge in [0.25, 0.3) is 11.5 Å². The summed E-state index contributed by atoms with van der Waals surface area (Å²) in [6.07, 6.45) is 11.3. The first-order valence-corrected chi connectivity index (χ1v) is 23.2. The van der Waals surface area contributed by atoms with E-state index in [0.29, 0.717) is 166 Å². The van der Waals surface area contributed by atoms with Gasteiger partial charge in [-0.25, -0.2) is 9.78 Å². The van der Waals surface area contributed by atoms with Gasteiger partial charge in [0.15, 0.2) is 11.2 Å². The number of hydrogen-bond acceptors (Lipinski definition) is 13. The number of aromatic nitrogens is 4. The Balaban J connectivity index is 0.916. The molecule has 2 aliphatic rings. The van der Waals surface area contributed by atoms with Gasteiger partial charge in [-0.3, -0.25) is 18.7 Å². The lowest BCUT2D eigenvalue weighted by molar-refractivity contribution is -0.0242. The lowest BCUT2D eigenvalue weighted by Crippen LogP contribution is -2.43. The first-order valence-electron chi connectivity index (χ1n) is 23.2. The van der Waals surface area contributed by atoms with Crippen LogP contribution < -0.4 is 16.6 Å². The number of imidazole rings is 1. The van der Waals surface area contributed by atoms with E-state index in [1.807, 2.05) is 23.7 Å². The minimum atomic E-state index is -0.273. The van der Waals surface area contributed by atoms with Gasteiger partial charge < -0.3 is 52.5 Å². The predicted octanol–water partition coefficient (Wildman–Crippen LogP) is 4.23. The van der Waals surface area contributed by atoms with E-state index in [2.05, 4.69) is 5.32 Å². The molecule has 17 heteroatoms. The molecule has 2 heterocycles. The third-order valence-electron chi connectivity index (χ3n) is 11.5. The zero-order valence-corrected chi connectivity index (χ0v) is 37.9. The molecule has 0 unspecified atom stereocenters. The molecule has 0 spiro atoms. The summed E-state index contributed by atoms with van der Waals surface area (Å²) in [5.74, 6) is 1.10. The molecular weight excluding hydrogens is 815 g/mol. The number of ether oxygens (including phenoxy) is 9. The standard InChI is InChI=1S/C46H73N5O12/c1-49-41-43(50(35-37-9-5-3-6-10-37)46(54)51(45(41)53)36-38-11-7-4-8-12-38)48-42(49)39-13-15-40(16-14-39)44(52)47-17-18-56-21-22-58-25-26-60-29-30-62-33-34-63-32-31-61-28-27-59-24-23-57-20-19-55-2/h13-16,37-38H,3-12,17-36H2,1-2H3,(H,47,52). The van der Waals surface area contributed by atoms with E-state index in [4.69, 9.17) is 47.6 Å². The molecule has 2 fully saturated rings. The minimum absolute atomic E-state index is 0.216. The van der Waals surface area contributed by atoms with Crippen molar-refractivity contribution in [2.45, 2.75) is 77.3 Å². The number of methoxy groups -OCH3 is 1. The molecule has 1 N–H and O–H groups in total. The first kappa shape index (κ1) is 50.5. The van der Waals surface area contributed by atoms with Crippen molar-refractivity contribution in [3.8, 4) is 11.4 Å². The number of fused-ring (bicyclic) bond motifs is 1. The molecular formula is C46H73N5O12. The average Bonchev–Trinajstić information content (AvgIpc) is 3.66. The molecule has 0 bridgehead atoms. The molecule has 354 valence electrons. The number of benzene rings is 1. The van der Waals surface area contributed by atoms with Crippen LogP contribution in [0.1, 0.15) is 74.6 Å². The van der Waals surface area contributed by atoms with Crippen LogP contribution in [0, 0.1) is 11.8 Å². The second kappa shape index (κ2) is 29.8. The van der Waals surface area contributed by atoms with Crippen molar-refractivity contribution in [3.05, 3.63) is 50.7 Å². The van der Waals surface area contributed by atoms with Crippen molar-refractivity contribution in [2.75, 3.05) is 126 Å². The van der Waals surface area contributed by atoms with Crippen LogP contribution in [0.2, 0.25) is 0 Å². The molecule has 5 rings (SSSR count). The van der Waals surface area contributed by atoms with E-state index < -0.39 is 0 Å². The fourth-order valence-corrected chi connectivity index (χ4v) is 8.10. The second-order valence-corrected chi connectivity index (χ2v) is 16.2. The summed E-state index contributed by atoms with van der Waals surface area (Å²) in [6.45, 7) is 9.61. The van der Waals surface area contributed by atoms with Crippen molar-refractivity contribution in [3.63, 3.8) is 0 Å². The highest BCUT2D eigenvalue weighted by molar-refractivity contribution is 5.94. The van der Waals surface area contributed by atoms with Crippen LogP contribution in [0.3, 0.4) is 0 Å². The molecule has 2 saturated carbocycles. The number of rotatable bonds is 33. The Hall–Kier alpha value is -3.52. The third-order valence-corrected chi connectivity index (χ3v) is 11.5. The normalized spacial score (nSPS) is 15.1. The van der Waals surface area contributed by atoms with Crippen molar-refractivity contribution >= 4 is 17.1 Å². The van der Waals surface area contributed by atoms with Gasteiger partial charge in [0, 0.05) is 44.9 Å². The Kier molecular flexibility index (Phi) is 23.9. The number of hydrogen-bond donors (Lipinski definition) is 1. The summed E-state index contributed by atoms with van der Waals surface area (Å²) in [4.78, 5) is 45.9. The van der Waals surface area contributed by atoms with Crippen LogP contribution in [0.4, 0.5) is 0 Å². The van der Waals surface area contributed by atoms with Gasteiger partial charge in [0.05, 0.1) is 112 Å². The SMILES string of the molecule is COCCOCCOCCOCCOCCOCCOCCOCCOCCNC(=O)c1ccc(-c2nc3c(c(=O)n(CC4CCCCC4)c(=O)n3CC3CCCCC3)n2C)cc1. The molecule has 1 amide bonds.